The van der Waals surface area contributed by atoms with Gasteiger partial charge in [-0.2, -0.15) is 0 Å². The van der Waals surface area contributed by atoms with Gasteiger partial charge in [-0.05, 0) is 18.9 Å². The van der Waals surface area contributed by atoms with E-state index in [1.54, 1.807) is 0 Å². The standard InChI is InChI=1S/C7H15N/c1-6(2)4-5-7(3)8/h4-7H,8H2,1-3H3/p+1. The maximum atomic E-state index is 3.82. The van der Waals surface area contributed by atoms with Gasteiger partial charge in [0.05, 0.1) is 0 Å². The van der Waals surface area contributed by atoms with Crippen LogP contribution in [0.15, 0.2) is 12.2 Å². The minimum atomic E-state index is 0.456. The zero-order chi connectivity index (χ0) is 6.57. The Morgan fingerprint density at radius 3 is 1.75 bits per heavy atom. The van der Waals surface area contributed by atoms with Crippen LogP contribution in [0.4, 0.5) is 0 Å². The first kappa shape index (κ1) is 7.70. The molecule has 0 saturated carbocycles. The highest BCUT2D eigenvalue weighted by atomic mass is 14.6. The lowest BCUT2D eigenvalue weighted by Gasteiger charge is -1.93. The van der Waals surface area contributed by atoms with Crippen LogP contribution in [-0.2, 0) is 0 Å². The molecule has 0 aromatic heterocycles. The van der Waals surface area contributed by atoms with Crippen molar-refractivity contribution in [1.29, 1.82) is 0 Å². The van der Waals surface area contributed by atoms with E-state index in [1.807, 2.05) is 0 Å². The second-order valence-corrected chi connectivity index (χ2v) is 2.61. The Hall–Kier alpha value is -0.300. The summed E-state index contributed by atoms with van der Waals surface area (Å²) >= 11 is 0. The molecule has 0 spiro atoms. The zero-order valence-corrected chi connectivity index (χ0v) is 6.02. The minimum Gasteiger partial charge on any atom is -0.352 e. The Bertz CT molecular complexity index is 62.5. The molecule has 1 heteroatoms. The molecular weight excluding hydrogens is 98.1 g/mol. The van der Waals surface area contributed by atoms with Gasteiger partial charge >= 0.3 is 0 Å². The first-order valence-electron chi connectivity index (χ1n) is 3.14. The highest BCUT2D eigenvalue weighted by molar-refractivity contribution is 4.87. The molecule has 0 aromatic rings. The van der Waals surface area contributed by atoms with E-state index in [0.717, 1.165) is 0 Å². The summed E-state index contributed by atoms with van der Waals surface area (Å²) in [6, 6.07) is 0.456. The van der Waals surface area contributed by atoms with Gasteiger partial charge in [0, 0.05) is 0 Å². The van der Waals surface area contributed by atoms with Crippen LogP contribution in [0.3, 0.4) is 0 Å². The van der Waals surface area contributed by atoms with Crippen molar-refractivity contribution in [3.05, 3.63) is 12.2 Å². The molecule has 0 aliphatic rings. The fourth-order valence-corrected chi connectivity index (χ4v) is 0.412. The lowest BCUT2D eigenvalue weighted by Crippen LogP contribution is -2.57. The molecule has 0 aliphatic heterocycles. The summed E-state index contributed by atoms with van der Waals surface area (Å²) in [5.74, 6) is 0.666. The van der Waals surface area contributed by atoms with Crippen molar-refractivity contribution in [2.24, 2.45) is 5.92 Å². The molecule has 0 aliphatic carbocycles. The lowest BCUT2D eigenvalue weighted by molar-refractivity contribution is -0.397. The molecule has 0 saturated heterocycles. The van der Waals surface area contributed by atoms with Gasteiger partial charge in [-0.15, -0.1) is 0 Å². The summed E-state index contributed by atoms with van der Waals surface area (Å²) in [7, 11) is 0. The van der Waals surface area contributed by atoms with E-state index >= 15 is 0 Å². The first-order chi connectivity index (χ1) is 3.63. The summed E-state index contributed by atoms with van der Waals surface area (Å²) in [5.41, 5.74) is 3.82. The van der Waals surface area contributed by atoms with Crippen molar-refractivity contribution in [2.45, 2.75) is 26.8 Å². The topological polar surface area (TPSA) is 27.6 Å². The molecule has 0 radical (unpaired) electrons. The molecule has 1 unspecified atom stereocenters. The van der Waals surface area contributed by atoms with Crippen LogP contribution in [0, 0.1) is 5.92 Å². The summed E-state index contributed by atoms with van der Waals surface area (Å²) in [4.78, 5) is 0. The quantitative estimate of drug-likeness (QED) is 0.515. The van der Waals surface area contributed by atoms with Crippen LogP contribution < -0.4 is 5.73 Å². The van der Waals surface area contributed by atoms with Crippen molar-refractivity contribution >= 4 is 0 Å². The average molecular weight is 114 g/mol. The van der Waals surface area contributed by atoms with E-state index < -0.39 is 0 Å². The Morgan fingerprint density at radius 1 is 1.12 bits per heavy atom. The van der Waals surface area contributed by atoms with Gasteiger partial charge in [0.25, 0.3) is 0 Å². The third-order valence-corrected chi connectivity index (χ3v) is 0.825. The Labute approximate surface area is 51.6 Å². The van der Waals surface area contributed by atoms with Gasteiger partial charge in [0.1, 0.15) is 6.04 Å². The maximum absolute atomic E-state index is 3.82. The van der Waals surface area contributed by atoms with E-state index in [1.165, 1.54) is 0 Å². The van der Waals surface area contributed by atoms with Crippen LogP contribution >= 0.6 is 0 Å². The molecule has 0 aromatic carbocycles. The summed E-state index contributed by atoms with van der Waals surface area (Å²) in [6.07, 6.45) is 4.31. The van der Waals surface area contributed by atoms with Crippen molar-refractivity contribution < 1.29 is 5.73 Å². The normalized spacial score (nSPS) is 15.6. The number of quaternary nitrogens is 1. The fraction of sp³-hybridized carbons (Fsp3) is 0.714. The molecule has 0 amide bonds. The van der Waals surface area contributed by atoms with E-state index in [-0.39, 0.29) is 0 Å². The van der Waals surface area contributed by atoms with Crippen LogP contribution in [0.5, 0.6) is 0 Å². The van der Waals surface area contributed by atoms with E-state index in [4.69, 9.17) is 0 Å². The van der Waals surface area contributed by atoms with E-state index in [9.17, 15) is 0 Å². The van der Waals surface area contributed by atoms with E-state index in [2.05, 4.69) is 38.7 Å². The van der Waals surface area contributed by atoms with Crippen molar-refractivity contribution in [1.82, 2.24) is 0 Å². The highest BCUT2D eigenvalue weighted by Gasteiger charge is 1.87. The molecule has 0 fully saturated rings. The summed E-state index contributed by atoms with van der Waals surface area (Å²) in [5, 5.41) is 0. The van der Waals surface area contributed by atoms with Crippen LogP contribution in [0.1, 0.15) is 20.8 Å². The second kappa shape index (κ2) is 3.67. The highest BCUT2D eigenvalue weighted by Crippen LogP contribution is 1.92. The smallest absolute Gasteiger partial charge is 0.100 e. The van der Waals surface area contributed by atoms with Crippen LogP contribution in [0.2, 0.25) is 0 Å². The molecule has 3 N–H and O–H groups in total. The molecule has 0 rings (SSSR count). The average Bonchev–Trinajstić information content (AvgIpc) is 1.61. The Morgan fingerprint density at radius 2 is 1.62 bits per heavy atom. The summed E-state index contributed by atoms with van der Waals surface area (Å²) in [6.45, 7) is 6.41. The number of hydrogen-bond acceptors (Lipinski definition) is 0. The van der Waals surface area contributed by atoms with Crippen molar-refractivity contribution in [2.75, 3.05) is 0 Å². The van der Waals surface area contributed by atoms with Gasteiger partial charge in [-0.25, -0.2) is 0 Å². The zero-order valence-electron chi connectivity index (χ0n) is 6.02. The van der Waals surface area contributed by atoms with Crippen molar-refractivity contribution in [3.8, 4) is 0 Å². The second-order valence-electron chi connectivity index (χ2n) is 2.61. The number of hydrogen-bond donors (Lipinski definition) is 1. The maximum Gasteiger partial charge on any atom is 0.100 e. The lowest BCUT2D eigenvalue weighted by atomic mass is 10.2. The Kier molecular flexibility index (Phi) is 3.53. The largest absolute Gasteiger partial charge is 0.352 e. The minimum absolute atomic E-state index is 0.456. The van der Waals surface area contributed by atoms with Crippen LogP contribution in [-0.4, -0.2) is 6.04 Å². The van der Waals surface area contributed by atoms with Gasteiger partial charge in [0.15, 0.2) is 0 Å². The number of rotatable bonds is 2. The molecule has 48 valence electrons. The SMILES string of the molecule is CC(C)C=CC(C)[NH3+]. The fourth-order valence-electron chi connectivity index (χ4n) is 0.412. The van der Waals surface area contributed by atoms with Crippen LogP contribution in [0.25, 0.3) is 0 Å². The third kappa shape index (κ3) is 5.70. The molecule has 0 bridgehead atoms. The molecule has 1 atom stereocenters. The molecule has 0 heterocycles. The number of allylic oxidation sites excluding steroid dienone is 1. The van der Waals surface area contributed by atoms with Gasteiger partial charge in [0.2, 0.25) is 0 Å². The van der Waals surface area contributed by atoms with Crippen molar-refractivity contribution in [3.63, 3.8) is 0 Å². The van der Waals surface area contributed by atoms with Gasteiger partial charge < -0.3 is 5.73 Å². The molecule has 1 nitrogen and oxygen atoms in total. The first-order valence-corrected chi connectivity index (χ1v) is 3.14. The van der Waals surface area contributed by atoms with Gasteiger partial charge in [-0.1, -0.05) is 19.9 Å². The Balaban J connectivity index is 3.34. The predicted octanol–water partition coefficient (Wildman–Crippen LogP) is 0.829. The third-order valence-electron chi connectivity index (χ3n) is 0.825. The predicted molar refractivity (Wildman–Crippen MR) is 36.3 cm³/mol. The van der Waals surface area contributed by atoms with E-state index in [0.29, 0.717) is 12.0 Å². The molecule has 8 heavy (non-hydrogen) atoms. The van der Waals surface area contributed by atoms with Gasteiger partial charge in [-0.3, -0.25) is 0 Å². The monoisotopic (exact) mass is 114 g/mol. The molecular formula is C7H16N+. The summed E-state index contributed by atoms with van der Waals surface area (Å²) < 4.78 is 0.